The second-order valence-electron chi connectivity index (χ2n) is 2.91. The van der Waals surface area contributed by atoms with Crippen molar-refractivity contribution < 1.29 is 4.92 Å². The quantitative estimate of drug-likeness (QED) is 0.617. The molecule has 0 aliphatic carbocycles. The predicted octanol–water partition coefficient (Wildman–Crippen LogP) is 3.08. The molecule has 0 saturated heterocycles. The van der Waals surface area contributed by atoms with Crippen LogP contribution in [0.2, 0.25) is 5.02 Å². The lowest BCUT2D eigenvalue weighted by Gasteiger charge is -2.14. The van der Waals surface area contributed by atoms with Crippen LogP contribution in [0.1, 0.15) is 0 Å². The van der Waals surface area contributed by atoms with Gasteiger partial charge in [0.25, 0.3) is 5.69 Å². The zero-order valence-electron chi connectivity index (χ0n) is 7.62. The van der Waals surface area contributed by atoms with Crippen molar-refractivity contribution in [1.82, 2.24) is 0 Å². The van der Waals surface area contributed by atoms with Crippen LogP contribution >= 0.6 is 27.5 Å². The lowest BCUT2D eigenvalue weighted by molar-refractivity contribution is -0.384. The van der Waals surface area contributed by atoms with E-state index in [-0.39, 0.29) is 5.69 Å². The van der Waals surface area contributed by atoms with E-state index in [4.69, 9.17) is 11.6 Å². The SMILES string of the molecule is CN(C)c1c(Cl)cc(Br)cc1[N+](=O)[O-]. The molecule has 0 spiro atoms. The van der Waals surface area contributed by atoms with Gasteiger partial charge in [-0.05, 0) is 6.07 Å². The monoisotopic (exact) mass is 278 g/mol. The summed E-state index contributed by atoms with van der Waals surface area (Å²) in [6, 6.07) is 3.06. The number of nitro benzene ring substituents is 1. The first-order valence-corrected chi connectivity index (χ1v) is 4.91. The van der Waals surface area contributed by atoms with Crippen LogP contribution in [-0.2, 0) is 0 Å². The minimum atomic E-state index is -0.452. The zero-order chi connectivity index (χ0) is 10.9. The maximum atomic E-state index is 10.7. The van der Waals surface area contributed by atoms with Gasteiger partial charge in [-0.2, -0.15) is 0 Å². The molecule has 1 aromatic carbocycles. The van der Waals surface area contributed by atoms with Crippen molar-refractivity contribution in [3.8, 4) is 0 Å². The molecule has 1 aromatic rings. The number of halogens is 2. The molecular weight excluding hydrogens is 271 g/mol. The Balaban J connectivity index is 3.44. The summed E-state index contributed by atoms with van der Waals surface area (Å²) in [5.74, 6) is 0. The summed E-state index contributed by atoms with van der Waals surface area (Å²) in [4.78, 5) is 11.9. The Kier molecular flexibility index (Phi) is 3.34. The molecule has 4 nitrogen and oxygen atoms in total. The summed E-state index contributed by atoms with van der Waals surface area (Å²) in [7, 11) is 3.42. The smallest absolute Gasteiger partial charge is 0.295 e. The standard InChI is InChI=1S/C8H8BrClN2O2/c1-11(2)8-6(10)3-5(9)4-7(8)12(13)14/h3-4H,1-2H3. The number of nitro groups is 1. The van der Waals surface area contributed by atoms with E-state index in [1.807, 2.05) is 0 Å². The fourth-order valence-corrected chi connectivity index (χ4v) is 2.10. The summed E-state index contributed by atoms with van der Waals surface area (Å²) in [5, 5.41) is 11.1. The highest BCUT2D eigenvalue weighted by Crippen LogP contribution is 2.37. The Labute approximate surface area is 94.7 Å². The van der Waals surface area contributed by atoms with Gasteiger partial charge < -0.3 is 4.90 Å². The number of anilines is 1. The summed E-state index contributed by atoms with van der Waals surface area (Å²) in [6.07, 6.45) is 0. The van der Waals surface area contributed by atoms with Crippen LogP contribution in [0.5, 0.6) is 0 Å². The first-order chi connectivity index (χ1) is 6.43. The van der Waals surface area contributed by atoms with Gasteiger partial charge in [-0.15, -0.1) is 0 Å². The lowest BCUT2D eigenvalue weighted by atomic mass is 10.2. The van der Waals surface area contributed by atoms with Crippen molar-refractivity contribution in [3.05, 3.63) is 31.7 Å². The Morgan fingerprint density at radius 1 is 1.50 bits per heavy atom. The van der Waals surface area contributed by atoms with Gasteiger partial charge >= 0.3 is 0 Å². The van der Waals surface area contributed by atoms with E-state index >= 15 is 0 Å². The van der Waals surface area contributed by atoms with Crippen molar-refractivity contribution in [2.75, 3.05) is 19.0 Å². The molecule has 0 N–H and O–H groups in total. The van der Waals surface area contributed by atoms with Crippen LogP contribution in [0.25, 0.3) is 0 Å². The first kappa shape index (κ1) is 11.3. The minimum absolute atomic E-state index is 0.00521. The molecule has 0 radical (unpaired) electrons. The molecule has 76 valence electrons. The molecule has 14 heavy (non-hydrogen) atoms. The number of benzene rings is 1. The summed E-state index contributed by atoms with van der Waals surface area (Å²) >= 11 is 9.05. The zero-order valence-corrected chi connectivity index (χ0v) is 9.96. The van der Waals surface area contributed by atoms with Crippen LogP contribution in [-0.4, -0.2) is 19.0 Å². The third kappa shape index (κ3) is 2.16. The highest BCUT2D eigenvalue weighted by molar-refractivity contribution is 9.10. The highest BCUT2D eigenvalue weighted by atomic mass is 79.9. The number of hydrogen-bond acceptors (Lipinski definition) is 3. The summed E-state index contributed by atoms with van der Waals surface area (Å²) in [6.45, 7) is 0. The molecule has 0 amide bonds. The maximum Gasteiger partial charge on any atom is 0.295 e. The fraction of sp³-hybridized carbons (Fsp3) is 0.250. The molecule has 0 aromatic heterocycles. The summed E-state index contributed by atoms with van der Waals surface area (Å²) in [5.41, 5.74) is 0.411. The van der Waals surface area contributed by atoms with E-state index in [0.29, 0.717) is 15.2 Å². The Morgan fingerprint density at radius 2 is 2.07 bits per heavy atom. The third-order valence-corrected chi connectivity index (χ3v) is 2.40. The molecule has 0 atom stereocenters. The predicted molar refractivity (Wildman–Crippen MR) is 60.1 cm³/mol. The number of nitrogens with zero attached hydrogens (tertiary/aromatic N) is 2. The van der Waals surface area contributed by atoms with Gasteiger partial charge in [-0.25, -0.2) is 0 Å². The normalized spacial score (nSPS) is 10.0. The van der Waals surface area contributed by atoms with Gasteiger partial charge in [0.15, 0.2) is 0 Å². The molecule has 0 aliphatic rings. The first-order valence-electron chi connectivity index (χ1n) is 3.74. The highest BCUT2D eigenvalue weighted by Gasteiger charge is 2.19. The van der Waals surface area contributed by atoms with Gasteiger partial charge in [0, 0.05) is 24.6 Å². The van der Waals surface area contributed by atoms with Crippen molar-refractivity contribution >= 4 is 38.9 Å². The molecule has 0 saturated carbocycles. The van der Waals surface area contributed by atoms with Gasteiger partial charge in [0.05, 0.1) is 9.95 Å². The van der Waals surface area contributed by atoms with Crippen molar-refractivity contribution in [2.45, 2.75) is 0 Å². The Morgan fingerprint density at radius 3 is 2.50 bits per heavy atom. The molecule has 0 aliphatic heterocycles. The van der Waals surface area contributed by atoms with E-state index in [0.717, 1.165) is 0 Å². The largest absolute Gasteiger partial charge is 0.371 e. The van der Waals surface area contributed by atoms with E-state index in [1.165, 1.54) is 6.07 Å². The average Bonchev–Trinajstić information content (AvgIpc) is 2.01. The topological polar surface area (TPSA) is 46.4 Å². The van der Waals surface area contributed by atoms with Crippen LogP contribution < -0.4 is 4.90 Å². The minimum Gasteiger partial charge on any atom is -0.371 e. The van der Waals surface area contributed by atoms with E-state index in [2.05, 4.69) is 15.9 Å². The van der Waals surface area contributed by atoms with E-state index in [1.54, 1.807) is 25.1 Å². The maximum absolute atomic E-state index is 10.7. The summed E-state index contributed by atoms with van der Waals surface area (Å²) < 4.78 is 0.597. The second kappa shape index (κ2) is 4.14. The molecule has 0 heterocycles. The average molecular weight is 280 g/mol. The van der Waals surface area contributed by atoms with Gasteiger partial charge in [-0.1, -0.05) is 27.5 Å². The number of rotatable bonds is 2. The van der Waals surface area contributed by atoms with Gasteiger partial charge in [-0.3, -0.25) is 10.1 Å². The fourth-order valence-electron chi connectivity index (χ4n) is 1.13. The van der Waals surface area contributed by atoms with Crippen LogP contribution in [0, 0.1) is 10.1 Å². The van der Waals surface area contributed by atoms with Crippen LogP contribution in [0.15, 0.2) is 16.6 Å². The van der Waals surface area contributed by atoms with Gasteiger partial charge in [0.2, 0.25) is 0 Å². The molecular formula is C8H8BrClN2O2. The Bertz CT molecular complexity index is 382. The van der Waals surface area contributed by atoms with Crippen molar-refractivity contribution in [3.63, 3.8) is 0 Å². The molecule has 6 heteroatoms. The van der Waals surface area contributed by atoms with Crippen LogP contribution in [0.4, 0.5) is 11.4 Å². The Hall–Kier alpha value is -0.810. The van der Waals surface area contributed by atoms with Crippen LogP contribution in [0.3, 0.4) is 0 Å². The molecule has 0 bridgehead atoms. The molecule has 1 rings (SSSR count). The van der Waals surface area contributed by atoms with Crippen molar-refractivity contribution in [2.24, 2.45) is 0 Å². The third-order valence-electron chi connectivity index (χ3n) is 1.65. The second-order valence-corrected chi connectivity index (χ2v) is 4.23. The van der Waals surface area contributed by atoms with Gasteiger partial charge in [0.1, 0.15) is 5.69 Å². The molecule has 0 unspecified atom stereocenters. The van der Waals surface area contributed by atoms with Crippen molar-refractivity contribution in [1.29, 1.82) is 0 Å². The molecule has 0 fully saturated rings. The van der Waals surface area contributed by atoms with E-state index in [9.17, 15) is 10.1 Å². The van der Waals surface area contributed by atoms with E-state index < -0.39 is 4.92 Å². The number of hydrogen-bond donors (Lipinski definition) is 0. The lowest BCUT2D eigenvalue weighted by Crippen LogP contribution is -2.11.